The molecule has 0 amide bonds. The molecule has 3 heteroatoms. The van der Waals surface area contributed by atoms with Gasteiger partial charge in [-0.1, -0.05) is 6.07 Å². The van der Waals surface area contributed by atoms with Crippen molar-refractivity contribution in [2.75, 3.05) is 0 Å². The molecular formula is C13H12BrNO. The van der Waals surface area contributed by atoms with Crippen LogP contribution in [0.25, 0.3) is 0 Å². The molecule has 2 aromatic rings. The molecule has 1 aromatic carbocycles. The first-order valence-corrected chi connectivity index (χ1v) is 5.81. The predicted octanol–water partition coefficient (Wildman–Crippen LogP) is 4.41. The number of benzene rings is 1. The van der Waals surface area contributed by atoms with Gasteiger partial charge in [0.2, 0.25) is 0 Å². The van der Waals surface area contributed by atoms with Gasteiger partial charge in [-0.25, -0.2) is 0 Å². The van der Waals surface area contributed by atoms with Gasteiger partial charge in [-0.2, -0.15) is 0 Å². The summed E-state index contributed by atoms with van der Waals surface area (Å²) >= 11 is 3.25. The molecule has 1 aromatic heterocycles. The number of halogens is 1. The van der Waals surface area contributed by atoms with Gasteiger partial charge >= 0.3 is 0 Å². The van der Waals surface area contributed by atoms with Gasteiger partial charge in [0.05, 0.1) is 11.9 Å². The van der Waals surface area contributed by atoms with E-state index in [-0.39, 0.29) is 0 Å². The molecule has 0 fully saturated rings. The maximum absolute atomic E-state index is 5.33. The van der Waals surface area contributed by atoms with Crippen molar-refractivity contribution in [2.24, 2.45) is 4.99 Å². The second-order valence-corrected chi connectivity index (χ2v) is 4.45. The Kier molecular flexibility index (Phi) is 3.25. The number of hydrogen-bond acceptors (Lipinski definition) is 2. The quantitative estimate of drug-likeness (QED) is 0.747. The van der Waals surface area contributed by atoms with E-state index in [1.165, 1.54) is 11.1 Å². The minimum atomic E-state index is 0.717. The summed E-state index contributed by atoms with van der Waals surface area (Å²) in [6.45, 7) is 4.17. The summed E-state index contributed by atoms with van der Waals surface area (Å²) in [7, 11) is 0. The van der Waals surface area contributed by atoms with Gasteiger partial charge in [-0.3, -0.25) is 4.99 Å². The predicted molar refractivity (Wildman–Crippen MR) is 69.6 cm³/mol. The highest BCUT2D eigenvalue weighted by Crippen LogP contribution is 2.18. The summed E-state index contributed by atoms with van der Waals surface area (Å²) in [4.78, 5) is 4.35. The molecule has 2 nitrogen and oxygen atoms in total. The van der Waals surface area contributed by atoms with E-state index in [4.69, 9.17) is 4.42 Å². The van der Waals surface area contributed by atoms with Crippen molar-refractivity contribution in [2.45, 2.75) is 13.8 Å². The largest absolute Gasteiger partial charge is 0.448 e. The summed E-state index contributed by atoms with van der Waals surface area (Å²) in [5.74, 6) is 0.741. The third-order valence-electron chi connectivity index (χ3n) is 2.43. The third-order valence-corrected chi connectivity index (χ3v) is 2.85. The van der Waals surface area contributed by atoms with E-state index in [1.54, 1.807) is 6.21 Å². The zero-order valence-corrected chi connectivity index (χ0v) is 10.8. The van der Waals surface area contributed by atoms with Crippen LogP contribution in [-0.2, 0) is 0 Å². The van der Waals surface area contributed by atoms with Crippen LogP contribution >= 0.6 is 15.9 Å². The van der Waals surface area contributed by atoms with Crippen LogP contribution in [0.5, 0.6) is 0 Å². The molecule has 0 saturated carbocycles. The molecule has 0 atom stereocenters. The van der Waals surface area contributed by atoms with Gasteiger partial charge in [-0.05, 0) is 65.2 Å². The molecule has 0 N–H and O–H groups in total. The average Bonchev–Trinajstić information content (AvgIpc) is 2.66. The number of rotatable bonds is 2. The zero-order chi connectivity index (χ0) is 11.5. The van der Waals surface area contributed by atoms with Gasteiger partial charge < -0.3 is 4.42 Å². The van der Waals surface area contributed by atoms with Crippen molar-refractivity contribution < 1.29 is 4.42 Å². The standard InChI is InChI=1S/C13H12BrNO/c1-9-3-4-11(7-10(9)2)15-8-12-5-6-13(14)16-12/h3-8H,1-2H3. The molecule has 16 heavy (non-hydrogen) atoms. The highest BCUT2D eigenvalue weighted by Gasteiger charge is 1.96. The monoisotopic (exact) mass is 277 g/mol. The molecule has 1 heterocycles. The normalized spacial score (nSPS) is 11.2. The molecule has 0 saturated heterocycles. The molecule has 0 aliphatic rings. The first-order valence-electron chi connectivity index (χ1n) is 5.02. The van der Waals surface area contributed by atoms with Crippen molar-refractivity contribution in [3.05, 3.63) is 51.9 Å². The van der Waals surface area contributed by atoms with Crippen molar-refractivity contribution in [1.82, 2.24) is 0 Å². The maximum atomic E-state index is 5.33. The Morgan fingerprint density at radius 3 is 2.56 bits per heavy atom. The average molecular weight is 278 g/mol. The van der Waals surface area contributed by atoms with E-state index in [0.29, 0.717) is 4.67 Å². The van der Waals surface area contributed by atoms with Gasteiger partial charge in [0.1, 0.15) is 5.76 Å². The van der Waals surface area contributed by atoms with Crippen LogP contribution in [0.3, 0.4) is 0 Å². The van der Waals surface area contributed by atoms with E-state index in [2.05, 4.69) is 46.9 Å². The topological polar surface area (TPSA) is 25.5 Å². The zero-order valence-electron chi connectivity index (χ0n) is 9.20. The Bertz CT molecular complexity index is 528. The van der Waals surface area contributed by atoms with Crippen LogP contribution in [-0.4, -0.2) is 6.21 Å². The highest BCUT2D eigenvalue weighted by atomic mass is 79.9. The molecule has 0 unspecified atom stereocenters. The van der Waals surface area contributed by atoms with E-state index in [9.17, 15) is 0 Å². The van der Waals surface area contributed by atoms with Crippen LogP contribution in [0.15, 0.2) is 44.4 Å². The second kappa shape index (κ2) is 4.66. The number of nitrogens with zero attached hydrogens (tertiary/aromatic N) is 1. The highest BCUT2D eigenvalue weighted by molar-refractivity contribution is 9.10. The number of hydrogen-bond donors (Lipinski definition) is 0. The lowest BCUT2D eigenvalue weighted by molar-refractivity contribution is 0.535. The maximum Gasteiger partial charge on any atom is 0.169 e. The lowest BCUT2D eigenvalue weighted by atomic mass is 10.1. The number of aliphatic imine (C=N–C) groups is 1. The van der Waals surface area contributed by atoms with Crippen LogP contribution in [0.4, 0.5) is 5.69 Å². The molecule has 0 bridgehead atoms. The Labute approximate surface area is 103 Å². The molecule has 0 aliphatic heterocycles. The smallest absolute Gasteiger partial charge is 0.169 e. The fourth-order valence-corrected chi connectivity index (χ4v) is 1.66. The van der Waals surface area contributed by atoms with Gasteiger partial charge in [0.25, 0.3) is 0 Å². The fraction of sp³-hybridized carbons (Fsp3) is 0.154. The van der Waals surface area contributed by atoms with Crippen LogP contribution < -0.4 is 0 Å². The van der Waals surface area contributed by atoms with Crippen LogP contribution in [0.1, 0.15) is 16.9 Å². The molecule has 82 valence electrons. The van der Waals surface area contributed by atoms with Crippen molar-refractivity contribution in [1.29, 1.82) is 0 Å². The van der Waals surface area contributed by atoms with Crippen molar-refractivity contribution in [3.63, 3.8) is 0 Å². The Morgan fingerprint density at radius 2 is 1.94 bits per heavy atom. The minimum absolute atomic E-state index is 0.717. The first kappa shape index (κ1) is 11.1. The summed E-state index contributed by atoms with van der Waals surface area (Å²) in [5.41, 5.74) is 3.46. The molecule has 0 radical (unpaired) electrons. The Balaban J connectivity index is 2.20. The summed E-state index contributed by atoms with van der Waals surface area (Å²) < 4.78 is 6.04. The fourth-order valence-electron chi connectivity index (χ4n) is 1.34. The Morgan fingerprint density at radius 1 is 1.12 bits per heavy atom. The number of furan rings is 1. The van der Waals surface area contributed by atoms with Crippen molar-refractivity contribution in [3.8, 4) is 0 Å². The lowest BCUT2D eigenvalue weighted by Crippen LogP contribution is -1.79. The molecular weight excluding hydrogens is 266 g/mol. The summed E-state index contributed by atoms with van der Waals surface area (Å²) in [5, 5.41) is 0. The van der Waals surface area contributed by atoms with Crippen LogP contribution in [0.2, 0.25) is 0 Å². The van der Waals surface area contributed by atoms with E-state index >= 15 is 0 Å². The SMILES string of the molecule is Cc1ccc(N=Cc2ccc(Br)o2)cc1C. The summed E-state index contributed by atoms with van der Waals surface area (Å²) in [6.07, 6.45) is 1.72. The lowest BCUT2D eigenvalue weighted by Gasteiger charge is -1.99. The van der Waals surface area contributed by atoms with E-state index in [0.717, 1.165) is 11.4 Å². The molecule has 2 rings (SSSR count). The van der Waals surface area contributed by atoms with E-state index < -0.39 is 0 Å². The second-order valence-electron chi connectivity index (χ2n) is 3.67. The minimum Gasteiger partial charge on any atom is -0.448 e. The third kappa shape index (κ3) is 2.61. The number of aryl methyl sites for hydroxylation is 2. The first-order chi connectivity index (χ1) is 7.65. The van der Waals surface area contributed by atoms with Crippen LogP contribution in [0, 0.1) is 13.8 Å². The molecule has 0 aliphatic carbocycles. The molecule has 0 spiro atoms. The van der Waals surface area contributed by atoms with E-state index in [1.807, 2.05) is 18.2 Å². The Hall–Kier alpha value is -1.35. The van der Waals surface area contributed by atoms with Gasteiger partial charge in [-0.15, -0.1) is 0 Å². The van der Waals surface area contributed by atoms with Gasteiger partial charge in [0.15, 0.2) is 4.67 Å². The van der Waals surface area contributed by atoms with Crippen molar-refractivity contribution >= 4 is 27.8 Å². The van der Waals surface area contributed by atoms with Gasteiger partial charge in [0, 0.05) is 0 Å². The summed E-state index contributed by atoms with van der Waals surface area (Å²) in [6, 6.07) is 9.84.